The van der Waals surface area contributed by atoms with E-state index in [0.29, 0.717) is 10.6 Å². The number of ketones is 1. The fourth-order valence-electron chi connectivity index (χ4n) is 3.28. The molecule has 1 heterocycles. The molecule has 2 aromatic carbocycles. The normalized spacial score (nSPS) is 12.5. The minimum absolute atomic E-state index is 0.0557. The number of hydrogen-bond acceptors (Lipinski definition) is 6. The van der Waals surface area contributed by atoms with Crippen molar-refractivity contribution >= 4 is 46.5 Å². The lowest BCUT2D eigenvalue weighted by Crippen LogP contribution is -2.25. The van der Waals surface area contributed by atoms with Crippen LogP contribution >= 0.6 is 23.4 Å². The number of halogens is 1. The summed E-state index contributed by atoms with van der Waals surface area (Å²) in [6.07, 6.45) is 1.25. The van der Waals surface area contributed by atoms with Crippen LogP contribution in [0.25, 0.3) is 0 Å². The summed E-state index contributed by atoms with van der Waals surface area (Å²) in [6.45, 7) is 1.84. The number of rotatable bonds is 8. The lowest BCUT2D eigenvalue weighted by molar-refractivity contribution is -0.140. The first-order chi connectivity index (χ1) is 13.9. The Morgan fingerprint density at radius 3 is 2.59 bits per heavy atom. The fraction of sp³-hybridized carbons (Fsp3) is 0.364. The van der Waals surface area contributed by atoms with Crippen LogP contribution in [0.2, 0.25) is 5.02 Å². The topological polar surface area (TPSA) is 49.9 Å². The summed E-state index contributed by atoms with van der Waals surface area (Å²) in [4.78, 5) is 30.5. The molecule has 0 aliphatic carbocycles. The molecule has 5 nitrogen and oxygen atoms in total. The van der Waals surface area contributed by atoms with E-state index < -0.39 is 0 Å². The van der Waals surface area contributed by atoms with Gasteiger partial charge in [0.1, 0.15) is 0 Å². The van der Waals surface area contributed by atoms with Crippen LogP contribution in [0.4, 0.5) is 11.4 Å². The number of benzene rings is 2. The van der Waals surface area contributed by atoms with Crippen LogP contribution < -0.4 is 4.90 Å². The number of carbonyl (C=O) groups is 2. The Morgan fingerprint density at radius 1 is 1.07 bits per heavy atom. The smallest absolute Gasteiger partial charge is 0.305 e. The Balaban J connectivity index is 1.87. The van der Waals surface area contributed by atoms with Gasteiger partial charge in [-0.3, -0.25) is 9.59 Å². The zero-order valence-corrected chi connectivity index (χ0v) is 18.5. The van der Waals surface area contributed by atoms with Crippen molar-refractivity contribution in [3.8, 4) is 0 Å². The number of hydrogen-bond donors (Lipinski definition) is 0. The predicted molar refractivity (Wildman–Crippen MR) is 118 cm³/mol. The van der Waals surface area contributed by atoms with Crippen molar-refractivity contribution in [1.29, 1.82) is 0 Å². The van der Waals surface area contributed by atoms with Crippen LogP contribution in [-0.4, -0.2) is 50.9 Å². The maximum absolute atomic E-state index is 12.5. The first kappa shape index (κ1) is 21.7. The number of methoxy groups -OCH3 is 1. The van der Waals surface area contributed by atoms with Gasteiger partial charge >= 0.3 is 5.97 Å². The highest BCUT2D eigenvalue weighted by atomic mass is 35.5. The molecule has 0 fully saturated rings. The van der Waals surface area contributed by atoms with Gasteiger partial charge in [-0.1, -0.05) is 23.4 Å². The monoisotopic (exact) mass is 432 g/mol. The molecule has 3 rings (SSSR count). The average molecular weight is 433 g/mol. The molecule has 0 radical (unpaired) electrons. The Bertz CT molecular complexity index is 917. The molecule has 0 bridgehead atoms. The Hall–Kier alpha value is -2.02. The first-order valence-electron chi connectivity index (χ1n) is 9.53. The van der Waals surface area contributed by atoms with Gasteiger partial charge in [0.2, 0.25) is 0 Å². The molecule has 0 N–H and O–H groups in total. The van der Waals surface area contributed by atoms with E-state index in [1.54, 1.807) is 11.8 Å². The highest BCUT2D eigenvalue weighted by Gasteiger charge is 2.24. The third-order valence-electron chi connectivity index (χ3n) is 4.78. The quantitative estimate of drug-likeness (QED) is 0.430. The molecule has 0 saturated carbocycles. The number of fused-ring (bicyclic) bond motifs is 2. The standard InChI is InChI=1S/C22H25ClN2O3S/c1-24(2)11-4-12-25-17-7-5-15(19(26)8-10-22(27)28-3)13-21(17)29-20-9-6-16(23)14-18(20)25/h5-7,9,13-14H,4,8,10-12H2,1-3H3. The van der Waals surface area contributed by atoms with E-state index >= 15 is 0 Å². The molecule has 7 heteroatoms. The number of anilines is 2. The van der Waals surface area contributed by atoms with Crippen molar-refractivity contribution in [2.24, 2.45) is 0 Å². The van der Waals surface area contributed by atoms with Crippen LogP contribution in [0.15, 0.2) is 46.2 Å². The summed E-state index contributed by atoms with van der Waals surface area (Å²) in [5.41, 5.74) is 2.79. The minimum Gasteiger partial charge on any atom is -0.469 e. The molecule has 2 aromatic rings. The molecule has 0 saturated heterocycles. The Morgan fingerprint density at radius 2 is 1.86 bits per heavy atom. The van der Waals surface area contributed by atoms with Gasteiger partial charge in [-0.2, -0.15) is 0 Å². The van der Waals surface area contributed by atoms with Gasteiger partial charge in [0, 0.05) is 33.3 Å². The first-order valence-corrected chi connectivity index (χ1v) is 10.7. The van der Waals surface area contributed by atoms with Gasteiger partial charge < -0.3 is 14.5 Å². The molecule has 0 unspecified atom stereocenters. The van der Waals surface area contributed by atoms with Crippen molar-refractivity contribution in [2.75, 3.05) is 39.2 Å². The van der Waals surface area contributed by atoms with Gasteiger partial charge in [0.05, 0.1) is 24.9 Å². The summed E-state index contributed by atoms with van der Waals surface area (Å²) >= 11 is 7.91. The van der Waals surface area contributed by atoms with Gasteiger partial charge in [0.15, 0.2) is 5.78 Å². The van der Waals surface area contributed by atoms with Crippen LogP contribution in [0.5, 0.6) is 0 Å². The van der Waals surface area contributed by atoms with E-state index in [0.717, 1.165) is 40.7 Å². The molecule has 154 valence electrons. The SMILES string of the molecule is COC(=O)CCC(=O)c1ccc2c(c1)Sc1ccc(Cl)cc1N2CCCN(C)C. The largest absolute Gasteiger partial charge is 0.469 e. The highest BCUT2D eigenvalue weighted by molar-refractivity contribution is 7.99. The van der Waals surface area contributed by atoms with Crippen molar-refractivity contribution in [1.82, 2.24) is 4.90 Å². The number of nitrogens with zero attached hydrogens (tertiary/aromatic N) is 2. The number of ether oxygens (including phenoxy) is 1. The molecule has 29 heavy (non-hydrogen) atoms. The Labute approximate surface area is 181 Å². The van der Waals surface area contributed by atoms with E-state index in [1.807, 2.05) is 36.4 Å². The maximum Gasteiger partial charge on any atom is 0.305 e. The van der Waals surface area contributed by atoms with E-state index in [9.17, 15) is 9.59 Å². The number of esters is 1. The van der Waals surface area contributed by atoms with Gasteiger partial charge in [0.25, 0.3) is 0 Å². The molecule has 1 aliphatic rings. The second-order valence-electron chi connectivity index (χ2n) is 7.20. The zero-order chi connectivity index (χ0) is 21.0. The number of carbonyl (C=O) groups excluding carboxylic acids is 2. The second-order valence-corrected chi connectivity index (χ2v) is 8.72. The molecular weight excluding hydrogens is 408 g/mol. The number of Topliss-reactive ketones (excluding diaryl/α,β-unsaturated/α-hetero) is 1. The van der Waals surface area contributed by atoms with E-state index in [2.05, 4.69) is 28.6 Å². The van der Waals surface area contributed by atoms with Gasteiger partial charge in [-0.15, -0.1) is 0 Å². The van der Waals surface area contributed by atoms with Crippen LogP contribution in [0.1, 0.15) is 29.6 Å². The summed E-state index contributed by atoms with van der Waals surface area (Å²) < 4.78 is 4.63. The van der Waals surface area contributed by atoms with Crippen molar-refractivity contribution in [3.05, 3.63) is 47.0 Å². The molecule has 0 spiro atoms. The van der Waals surface area contributed by atoms with Gasteiger partial charge in [-0.25, -0.2) is 0 Å². The van der Waals surface area contributed by atoms with Crippen LogP contribution in [-0.2, 0) is 9.53 Å². The summed E-state index contributed by atoms with van der Waals surface area (Å²) in [7, 11) is 5.46. The second kappa shape index (κ2) is 9.65. The lowest BCUT2D eigenvalue weighted by atomic mass is 10.1. The lowest BCUT2D eigenvalue weighted by Gasteiger charge is -2.33. The minimum atomic E-state index is -0.372. The highest BCUT2D eigenvalue weighted by Crippen LogP contribution is 2.49. The predicted octanol–water partition coefficient (Wildman–Crippen LogP) is 5.03. The van der Waals surface area contributed by atoms with Crippen molar-refractivity contribution in [3.63, 3.8) is 0 Å². The molecule has 1 aliphatic heterocycles. The van der Waals surface area contributed by atoms with Crippen LogP contribution in [0, 0.1) is 0 Å². The van der Waals surface area contributed by atoms with E-state index in [1.165, 1.54) is 7.11 Å². The summed E-state index contributed by atoms with van der Waals surface area (Å²) in [5, 5.41) is 0.708. The van der Waals surface area contributed by atoms with E-state index in [4.69, 9.17) is 11.6 Å². The molecule has 0 amide bonds. The maximum atomic E-state index is 12.5. The third kappa shape index (κ3) is 5.32. The average Bonchev–Trinajstić information content (AvgIpc) is 2.70. The molecule has 0 atom stereocenters. The van der Waals surface area contributed by atoms with E-state index in [-0.39, 0.29) is 24.6 Å². The van der Waals surface area contributed by atoms with Crippen molar-refractivity contribution in [2.45, 2.75) is 29.1 Å². The fourth-order valence-corrected chi connectivity index (χ4v) is 4.56. The zero-order valence-electron chi connectivity index (χ0n) is 16.9. The summed E-state index contributed by atoms with van der Waals surface area (Å²) in [6, 6.07) is 11.7. The molecular formula is C22H25ClN2O3S. The van der Waals surface area contributed by atoms with Gasteiger partial charge in [-0.05, 0) is 63.5 Å². The third-order valence-corrected chi connectivity index (χ3v) is 6.12. The molecule has 0 aromatic heterocycles. The van der Waals surface area contributed by atoms with Crippen molar-refractivity contribution < 1.29 is 14.3 Å². The Kier molecular flexibility index (Phi) is 7.22. The summed E-state index contributed by atoms with van der Waals surface area (Å²) in [5.74, 6) is -0.427. The van der Waals surface area contributed by atoms with Crippen LogP contribution in [0.3, 0.4) is 0 Å².